The number of hydrogen-bond donors (Lipinski definition) is 2. The first-order valence-corrected chi connectivity index (χ1v) is 5.80. The maximum absolute atomic E-state index is 11.7. The van der Waals surface area contributed by atoms with Gasteiger partial charge in [0.05, 0.1) is 19.3 Å². The third kappa shape index (κ3) is 3.17. The van der Waals surface area contributed by atoms with E-state index in [9.17, 15) is 14.7 Å². The Hall–Kier alpha value is -1.14. The van der Waals surface area contributed by atoms with Gasteiger partial charge in [0, 0.05) is 19.5 Å². The molecule has 0 aromatic carbocycles. The molecule has 1 heterocycles. The summed E-state index contributed by atoms with van der Waals surface area (Å²) in [5, 5.41) is 12.3. The van der Waals surface area contributed by atoms with E-state index >= 15 is 0 Å². The van der Waals surface area contributed by atoms with Gasteiger partial charge in [0.15, 0.2) is 0 Å². The number of carbonyl (C=O) groups is 2. The Balaban J connectivity index is 2.72. The highest BCUT2D eigenvalue weighted by molar-refractivity contribution is 5.83. The molecular weight excluding hydrogens is 224 g/mol. The van der Waals surface area contributed by atoms with Crippen LogP contribution in [0.15, 0.2) is 0 Å². The van der Waals surface area contributed by atoms with Crippen LogP contribution in [0, 0.1) is 0 Å². The molecule has 3 unspecified atom stereocenters. The Morgan fingerprint density at radius 2 is 2.24 bits per heavy atom. The zero-order chi connectivity index (χ0) is 13.0. The van der Waals surface area contributed by atoms with Gasteiger partial charge in [-0.3, -0.25) is 14.5 Å². The number of methoxy groups -OCH3 is 1. The smallest absolute Gasteiger partial charge is 0.323 e. The minimum atomic E-state index is -0.587. The molecule has 3 atom stereocenters. The van der Waals surface area contributed by atoms with Crippen molar-refractivity contribution in [3.63, 3.8) is 0 Å². The Bertz CT molecular complexity index is 295. The molecule has 6 nitrogen and oxygen atoms in total. The fourth-order valence-electron chi connectivity index (χ4n) is 2.11. The Morgan fingerprint density at radius 1 is 1.59 bits per heavy atom. The maximum atomic E-state index is 11.7. The van der Waals surface area contributed by atoms with Crippen molar-refractivity contribution >= 4 is 11.9 Å². The van der Waals surface area contributed by atoms with Crippen LogP contribution in [0.25, 0.3) is 0 Å². The lowest BCUT2D eigenvalue weighted by Gasteiger charge is -2.27. The molecule has 0 saturated carbocycles. The zero-order valence-electron chi connectivity index (χ0n) is 10.5. The second-order valence-corrected chi connectivity index (χ2v) is 4.20. The average molecular weight is 244 g/mol. The number of aliphatic hydroxyl groups excluding tert-OH is 1. The summed E-state index contributed by atoms with van der Waals surface area (Å²) in [6.45, 7) is 4.42. The van der Waals surface area contributed by atoms with E-state index in [4.69, 9.17) is 0 Å². The summed E-state index contributed by atoms with van der Waals surface area (Å²) in [4.78, 5) is 24.9. The predicted molar refractivity (Wildman–Crippen MR) is 61.3 cm³/mol. The number of carbonyl (C=O) groups excluding carboxylic acids is 2. The van der Waals surface area contributed by atoms with Crippen LogP contribution in [0.2, 0.25) is 0 Å². The van der Waals surface area contributed by atoms with E-state index < -0.39 is 24.2 Å². The molecule has 1 aliphatic rings. The molecule has 0 aromatic rings. The lowest BCUT2D eigenvalue weighted by molar-refractivity contribution is -0.147. The van der Waals surface area contributed by atoms with Crippen LogP contribution in [0.1, 0.15) is 20.3 Å². The first-order chi connectivity index (χ1) is 8.01. The number of nitrogens with one attached hydrogen (secondary N) is 1. The van der Waals surface area contributed by atoms with Gasteiger partial charge in [-0.25, -0.2) is 0 Å². The monoisotopic (exact) mass is 244 g/mol. The van der Waals surface area contributed by atoms with Crippen molar-refractivity contribution in [2.24, 2.45) is 0 Å². The molecule has 0 aromatic heterocycles. The molecular formula is C11H20N2O4. The quantitative estimate of drug-likeness (QED) is 0.628. The largest absolute Gasteiger partial charge is 0.468 e. The number of esters is 1. The Morgan fingerprint density at radius 3 is 2.76 bits per heavy atom. The average Bonchev–Trinajstić information content (AvgIpc) is 2.69. The minimum Gasteiger partial charge on any atom is -0.468 e. The molecule has 6 heteroatoms. The van der Waals surface area contributed by atoms with Crippen LogP contribution in [0.4, 0.5) is 0 Å². The van der Waals surface area contributed by atoms with Crippen molar-refractivity contribution in [2.45, 2.75) is 38.5 Å². The van der Waals surface area contributed by atoms with Crippen LogP contribution >= 0.6 is 0 Å². The van der Waals surface area contributed by atoms with Gasteiger partial charge in [-0.1, -0.05) is 0 Å². The molecule has 0 aliphatic carbocycles. The summed E-state index contributed by atoms with van der Waals surface area (Å²) in [6.07, 6.45) is -0.271. The van der Waals surface area contributed by atoms with Crippen molar-refractivity contribution in [3.8, 4) is 0 Å². The van der Waals surface area contributed by atoms with Crippen LogP contribution in [0.5, 0.6) is 0 Å². The molecule has 17 heavy (non-hydrogen) atoms. The maximum Gasteiger partial charge on any atom is 0.323 e. The van der Waals surface area contributed by atoms with E-state index in [1.54, 1.807) is 11.8 Å². The molecule has 0 radical (unpaired) electrons. The SMILES string of the molecule is CCNC(=O)C(C)N1CC(O)CC1C(=O)OC. The van der Waals surface area contributed by atoms with Crippen LogP contribution in [-0.4, -0.2) is 60.3 Å². The highest BCUT2D eigenvalue weighted by atomic mass is 16.5. The first-order valence-electron chi connectivity index (χ1n) is 5.80. The lowest BCUT2D eigenvalue weighted by atomic mass is 10.2. The standard InChI is InChI=1S/C11H20N2O4/c1-4-12-10(15)7(2)13-6-8(14)5-9(13)11(16)17-3/h7-9,14H,4-6H2,1-3H3,(H,12,15). The van der Waals surface area contributed by atoms with Gasteiger partial charge in [-0.15, -0.1) is 0 Å². The van der Waals surface area contributed by atoms with Crippen LogP contribution in [-0.2, 0) is 14.3 Å². The van der Waals surface area contributed by atoms with Crippen molar-refractivity contribution < 1.29 is 19.4 Å². The number of amides is 1. The molecule has 1 fully saturated rings. The number of β-amino-alcohol motifs (C(OH)–C–C–N with tert-alkyl or cyclic N) is 1. The second kappa shape index (κ2) is 5.97. The van der Waals surface area contributed by atoms with Crippen LogP contribution < -0.4 is 5.32 Å². The summed E-state index contributed by atoms with van der Waals surface area (Å²) in [7, 11) is 1.31. The number of aliphatic hydroxyl groups is 1. The van der Waals surface area contributed by atoms with Gasteiger partial charge in [0.1, 0.15) is 6.04 Å². The van der Waals surface area contributed by atoms with Crippen molar-refractivity contribution in [1.82, 2.24) is 10.2 Å². The number of ether oxygens (including phenoxy) is 1. The van der Waals surface area contributed by atoms with Gasteiger partial charge in [0.2, 0.25) is 5.91 Å². The third-order valence-electron chi connectivity index (χ3n) is 3.02. The van der Waals surface area contributed by atoms with E-state index in [1.165, 1.54) is 7.11 Å². The molecule has 0 bridgehead atoms. The normalized spacial score (nSPS) is 26.6. The van der Waals surface area contributed by atoms with E-state index in [-0.39, 0.29) is 5.91 Å². The number of rotatable bonds is 4. The zero-order valence-corrected chi connectivity index (χ0v) is 10.5. The van der Waals surface area contributed by atoms with Gasteiger partial charge in [-0.2, -0.15) is 0 Å². The summed E-state index contributed by atoms with van der Waals surface area (Å²) in [5.41, 5.74) is 0. The fraction of sp³-hybridized carbons (Fsp3) is 0.818. The van der Waals surface area contributed by atoms with Crippen molar-refractivity contribution in [3.05, 3.63) is 0 Å². The van der Waals surface area contributed by atoms with Crippen molar-refractivity contribution in [2.75, 3.05) is 20.2 Å². The molecule has 0 spiro atoms. The third-order valence-corrected chi connectivity index (χ3v) is 3.02. The van der Waals surface area contributed by atoms with E-state index in [2.05, 4.69) is 10.1 Å². The van der Waals surface area contributed by atoms with Gasteiger partial charge in [-0.05, 0) is 13.8 Å². The Labute approximate surface area is 101 Å². The fourth-order valence-corrected chi connectivity index (χ4v) is 2.11. The number of hydrogen-bond acceptors (Lipinski definition) is 5. The second-order valence-electron chi connectivity index (χ2n) is 4.20. The van der Waals surface area contributed by atoms with E-state index in [0.717, 1.165) is 0 Å². The van der Waals surface area contributed by atoms with Crippen LogP contribution in [0.3, 0.4) is 0 Å². The summed E-state index contributed by atoms with van der Waals surface area (Å²) in [5.74, 6) is -0.548. The van der Waals surface area contributed by atoms with E-state index in [1.807, 2.05) is 6.92 Å². The number of nitrogens with zero attached hydrogens (tertiary/aromatic N) is 1. The highest BCUT2D eigenvalue weighted by Crippen LogP contribution is 2.21. The molecule has 1 amide bonds. The topological polar surface area (TPSA) is 78.9 Å². The molecule has 1 aliphatic heterocycles. The molecule has 98 valence electrons. The van der Waals surface area contributed by atoms with Gasteiger partial charge >= 0.3 is 5.97 Å². The Kier molecular flexibility index (Phi) is 4.89. The highest BCUT2D eigenvalue weighted by Gasteiger charge is 2.40. The lowest BCUT2D eigenvalue weighted by Crippen LogP contribution is -2.49. The molecule has 2 N–H and O–H groups in total. The predicted octanol–water partition coefficient (Wildman–Crippen LogP) is -0.881. The minimum absolute atomic E-state index is 0.143. The first kappa shape index (κ1) is 13.9. The summed E-state index contributed by atoms with van der Waals surface area (Å²) in [6, 6.07) is -0.983. The van der Waals surface area contributed by atoms with Gasteiger partial charge in [0.25, 0.3) is 0 Å². The van der Waals surface area contributed by atoms with Gasteiger partial charge < -0.3 is 15.2 Å². The summed E-state index contributed by atoms with van der Waals surface area (Å²) >= 11 is 0. The molecule has 1 saturated heterocycles. The number of likely N-dealkylation sites (tertiary alicyclic amines) is 1. The van der Waals surface area contributed by atoms with Crippen molar-refractivity contribution in [1.29, 1.82) is 0 Å². The molecule has 1 rings (SSSR count). The number of likely N-dealkylation sites (N-methyl/N-ethyl adjacent to an activating group) is 1. The summed E-state index contributed by atoms with van der Waals surface area (Å²) < 4.78 is 4.68. The van der Waals surface area contributed by atoms with E-state index in [0.29, 0.717) is 19.5 Å².